The number of amides is 2. The molecule has 0 aliphatic carbocycles. The van der Waals surface area contributed by atoms with Crippen molar-refractivity contribution < 1.29 is 14.5 Å². The van der Waals surface area contributed by atoms with Crippen molar-refractivity contribution in [2.75, 3.05) is 16.8 Å². The molecule has 0 spiro atoms. The molecule has 0 radical (unpaired) electrons. The Hall–Kier alpha value is -2.74. The molecule has 1 aliphatic rings. The monoisotopic (exact) mass is 445 g/mol. The number of nitro benzene ring substituents is 1. The Morgan fingerprint density at radius 3 is 2.75 bits per heavy atom. The maximum Gasteiger partial charge on any atom is 0.274 e. The van der Waals surface area contributed by atoms with Crippen LogP contribution in [-0.2, 0) is 16.0 Å². The number of carbonyl (C=O) groups is 2. The summed E-state index contributed by atoms with van der Waals surface area (Å²) < 4.78 is 0.936. The molecular formula is C20H20BrN3O4. The number of aryl methyl sites for hydroxylation is 2. The van der Waals surface area contributed by atoms with Gasteiger partial charge in [0, 0.05) is 34.8 Å². The van der Waals surface area contributed by atoms with E-state index in [-0.39, 0.29) is 30.5 Å². The summed E-state index contributed by atoms with van der Waals surface area (Å²) in [6.45, 7) is 3.85. The molecule has 0 aromatic heterocycles. The van der Waals surface area contributed by atoms with E-state index in [1.807, 2.05) is 25.1 Å². The lowest BCUT2D eigenvalue weighted by atomic mass is 10.1. The molecule has 8 heteroatoms. The number of rotatable bonds is 5. The zero-order valence-corrected chi connectivity index (χ0v) is 17.2. The van der Waals surface area contributed by atoms with Crippen molar-refractivity contribution in [3.63, 3.8) is 0 Å². The molecule has 7 nitrogen and oxygen atoms in total. The third-order valence-electron chi connectivity index (χ3n) is 4.90. The zero-order chi connectivity index (χ0) is 20.4. The number of nitro groups is 1. The largest absolute Gasteiger partial charge is 0.326 e. The maximum absolute atomic E-state index is 12.7. The Labute approximate surface area is 171 Å². The van der Waals surface area contributed by atoms with Gasteiger partial charge in [0.05, 0.1) is 16.5 Å². The van der Waals surface area contributed by atoms with Gasteiger partial charge in [0.1, 0.15) is 0 Å². The quantitative estimate of drug-likeness (QED) is 0.550. The second-order valence-corrected chi connectivity index (χ2v) is 7.69. The second kappa shape index (κ2) is 8.10. The van der Waals surface area contributed by atoms with E-state index in [2.05, 4.69) is 21.2 Å². The maximum atomic E-state index is 12.7. The van der Waals surface area contributed by atoms with Gasteiger partial charge in [0.2, 0.25) is 11.8 Å². The number of nitrogens with one attached hydrogen (secondary N) is 1. The number of hydrogen-bond donors (Lipinski definition) is 1. The molecule has 1 aliphatic heterocycles. The van der Waals surface area contributed by atoms with E-state index >= 15 is 0 Å². The number of benzene rings is 2. The number of halogens is 1. The highest BCUT2D eigenvalue weighted by atomic mass is 79.9. The predicted molar refractivity (Wildman–Crippen MR) is 110 cm³/mol. The van der Waals surface area contributed by atoms with Gasteiger partial charge in [-0.3, -0.25) is 19.7 Å². The van der Waals surface area contributed by atoms with Crippen molar-refractivity contribution in [3.05, 3.63) is 62.1 Å². The molecule has 28 heavy (non-hydrogen) atoms. The Kier molecular flexibility index (Phi) is 5.79. The van der Waals surface area contributed by atoms with Crippen LogP contribution in [0.15, 0.2) is 40.9 Å². The summed E-state index contributed by atoms with van der Waals surface area (Å²) >= 11 is 3.42. The van der Waals surface area contributed by atoms with Crippen molar-refractivity contribution in [2.45, 2.75) is 26.7 Å². The SMILES string of the molecule is CCc1cc(Br)ccc1NC(=O)[C@@H]1CC(=O)N(c2ccc(C)c([N+](=O)[O-])c2)C1. The van der Waals surface area contributed by atoms with Gasteiger partial charge >= 0.3 is 0 Å². The van der Waals surface area contributed by atoms with Crippen molar-refractivity contribution in [1.29, 1.82) is 0 Å². The van der Waals surface area contributed by atoms with Gasteiger partial charge in [-0.15, -0.1) is 0 Å². The van der Waals surface area contributed by atoms with E-state index in [1.54, 1.807) is 19.1 Å². The summed E-state index contributed by atoms with van der Waals surface area (Å²) in [5.74, 6) is -0.958. The Morgan fingerprint density at radius 2 is 2.07 bits per heavy atom. The van der Waals surface area contributed by atoms with Crippen LogP contribution >= 0.6 is 15.9 Å². The number of carbonyl (C=O) groups excluding carboxylic acids is 2. The first-order valence-electron chi connectivity index (χ1n) is 8.94. The standard InChI is InChI=1S/C20H20BrN3O4/c1-3-13-8-15(21)5-7-17(13)22-20(26)14-9-19(25)23(11-14)16-6-4-12(2)18(10-16)24(27)28/h4-8,10,14H,3,9,11H2,1-2H3,(H,22,26)/t14-/m1/s1. The lowest BCUT2D eigenvalue weighted by Crippen LogP contribution is -2.28. The van der Waals surface area contributed by atoms with Crippen molar-refractivity contribution in [1.82, 2.24) is 0 Å². The van der Waals surface area contributed by atoms with E-state index in [1.165, 1.54) is 11.0 Å². The average molecular weight is 446 g/mol. The fraction of sp³-hybridized carbons (Fsp3) is 0.300. The molecule has 1 heterocycles. The molecule has 1 N–H and O–H groups in total. The summed E-state index contributed by atoms with van der Waals surface area (Å²) in [4.78, 5) is 37.3. The zero-order valence-electron chi connectivity index (χ0n) is 15.6. The molecule has 0 unspecified atom stereocenters. The van der Waals surface area contributed by atoms with Gasteiger partial charge in [-0.05, 0) is 43.2 Å². The molecule has 3 rings (SSSR count). The topological polar surface area (TPSA) is 92.6 Å². The predicted octanol–water partition coefficient (Wildman–Crippen LogP) is 4.22. The minimum Gasteiger partial charge on any atom is -0.326 e. The number of nitrogens with zero attached hydrogens (tertiary/aromatic N) is 2. The summed E-state index contributed by atoms with van der Waals surface area (Å²) in [5.41, 5.74) is 2.65. The van der Waals surface area contributed by atoms with Gasteiger partial charge in [-0.2, -0.15) is 0 Å². The first kappa shape index (κ1) is 20.0. The van der Waals surface area contributed by atoms with Gasteiger partial charge < -0.3 is 10.2 Å². The number of hydrogen-bond acceptors (Lipinski definition) is 4. The molecule has 2 amide bonds. The minimum absolute atomic E-state index is 0.0411. The molecule has 1 saturated heterocycles. The van der Waals surface area contributed by atoms with E-state index < -0.39 is 10.8 Å². The van der Waals surface area contributed by atoms with Crippen LogP contribution in [0.4, 0.5) is 17.1 Å². The Morgan fingerprint density at radius 1 is 1.32 bits per heavy atom. The summed E-state index contributed by atoms with van der Waals surface area (Å²) in [6, 6.07) is 10.3. The Balaban J connectivity index is 1.77. The molecule has 0 saturated carbocycles. The fourth-order valence-electron chi connectivity index (χ4n) is 3.31. The molecule has 1 fully saturated rings. The summed E-state index contributed by atoms with van der Waals surface area (Å²) in [7, 11) is 0. The normalized spacial score (nSPS) is 16.3. The van der Waals surface area contributed by atoms with Gasteiger partial charge in [-0.1, -0.05) is 28.9 Å². The van der Waals surface area contributed by atoms with Gasteiger partial charge in [0.15, 0.2) is 0 Å². The molecule has 0 bridgehead atoms. The fourth-order valence-corrected chi connectivity index (χ4v) is 3.72. The minimum atomic E-state index is -0.513. The van der Waals surface area contributed by atoms with Crippen molar-refractivity contribution >= 4 is 44.8 Å². The average Bonchev–Trinajstić information content (AvgIpc) is 3.05. The van der Waals surface area contributed by atoms with Crippen LogP contribution in [-0.4, -0.2) is 23.3 Å². The van der Waals surface area contributed by atoms with E-state index in [9.17, 15) is 19.7 Å². The lowest BCUT2D eigenvalue weighted by molar-refractivity contribution is -0.385. The van der Waals surface area contributed by atoms with Crippen LogP contribution in [0.25, 0.3) is 0 Å². The van der Waals surface area contributed by atoms with Crippen molar-refractivity contribution in [2.24, 2.45) is 5.92 Å². The molecule has 2 aromatic rings. The van der Waals surface area contributed by atoms with E-state index in [0.717, 1.165) is 22.1 Å². The van der Waals surface area contributed by atoms with Crippen LogP contribution in [0, 0.1) is 23.0 Å². The summed E-state index contributed by atoms with van der Waals surface area (Å²) in [6.07, 6.45) is 0.837. The highest BCUT2D eigenvalue weighted by Crippen LogP contribution is 2.31. The van der Waals surface area contributed by atoms with E-state index in [0.29, 0.717) is 11.3 Å². The van der Waals surface area contributed by atoms with E-state index in [4.69, 9.17) is 0 Å². The molecule has 146 valence electrons. The van der Waals surface area contributed by atoms with Gasteiger partial charge in [0.25, 0.3) is 5.69 Å². The van der Waals surface area contributed by atoms with Crippen LogP contribution < -0.4 is 10.2 Å². The first-order valence-corrected chi connectivity index (χ1v) is 9.74. The highest BCUT2D eigenvalue weighted by molar-refractivity contribution is 9.10. The summed E-state index contributed by atoms with van der Waals surface area (Å²) in [5, 5.41) is 14.1. The molecule has 2 aromatic carbocycles. The Bertz CT molecular complexity index is 960. The third kappa shape index (κ3) is 4.06. The second-order valence-electron chi connectivity index (χ2n) is 6.78. The molecular weight excluding hydrogens is 426 g/mol. The van der Waals surface area contributed by atoms with Gasteiger partial charge in [-0.25, -0.2) is 0 Å². The highest BCUT2D eigenvalue weighted by Gasteiger charge is 2.36. The molecule has 1 atom stereocenters. The third-order valence-corrected chi connectivity index (χ3v) is 5.40. The van der Waals surface area contributed by atoms with Crippen LogP contribution in [0.2, 0.25) is 0 Å². The van der Waals surface area contributed by atoms with Crippen LogP contribution in [0.3, 0.4) is 0 Å². The number of anilines is 2. The van der Waals surface area contributed by atoms with Crippen LogP contribution in [0.1, 0.15) is 24.5 Å². The lowest BCUT2D eigenvalue weighted by Gasteiger charge is -2.17. The van der Waals surface area contributed by atoms with Crippen LogP contribution in [0.5, 0.6) is 0 Å². The van der Waals surface area contributed by atoms with Crippen molar-refractivity contribution in [3.8, 4) is 0 Å². The first-order chi connectivity index (χ1) is 13.3. The smallest absolute Gasteiger partial charge is 0.274 e.